The third kappa shape index (κ3) is 6.04. The number of rotatable bonds is 8. The zero-order valence-corrected chi connectivity index (χ0v) is 15.7. The summed E-state index contributed by atoms with van der Waals surface area (Å²) in [5.41, 5.74) is 1.17. The number of fused-ring (bicyclic) bond motifs is 1. The normalized spacial score (nSPS) is 12.7. The first kappa shape index (κ1) is 19.7. The molecular formula is C20H28N4O2. The van der Waals surface area contributed by atoms with E-state index >= 15 is 0 Å². The number of guanidine groups is 1. The molecule has 0 radical (unpaired) electrons. The highest BCUT2D eigenvalue weighted by molar-refractivity contribution is 5.86. The number of methoxy groups -OCH3 is 1. The molecule has 140 valence electrons. The van der Waals surface area contributed by atoms with Crippen molar-refractivity contribution in [3.63, 3.8) is 0 Å². The van der Waals surface area contributed by atoms with E-state index in [9.17, 15) is 4.79 Å². The van der Waals surface area contributed by atoms with E-state index in [-0.39, 0.29) is 18.5 Å². The fourth-order valence-electron chi connectivity index (χ4n) is 2.58. The molecule has 0 fully saturated rings. The molecule has 0 aliphatic rings. The standard InChI is InChI=1S/C20H28N4O2/c1-4-21-20(23-14-19(25)22-11-12-26-3)24-15(2)17-10-9-16-7-5-6-8-18(16)13-17/h5-10,13,15H,4,11-12,14H2,1-3H3,(H,22,25)(H2,21,23,24). The molecule has 3 N–H and O–H groups in total. The molecule has 0 spiro atoms. The molecule has 1 amide bonds. The number of benzene rings is 2. The Balaban J connectivity index is 2.00. The van der Waals surface area contributed by atoms with Crippen LogP contribution in [0.1, 0.15) is 25.5 Å². The number of aliphatic imine (C=N–C) groups is 1. The Labute approximate surface area is 155 Å². The molecule has 0 aliphatic carbocycles. The van der Waals surface area contributed by atoms with Crippen LogP contribution < -0.4 is 16.0 Å². The fraction of sp³-hybridized carbons (Fsp3) is 0.400. The van der Waals surface area contributed by atoms with Crippen LogP contribution in [-0.2, 0) is 9.53 Å². The van der Waals surface area contributed by atoms with Crippen LogP contribution in [0.25, 0.3) is 10.8 Å². The van der Waals surface area contributed by atoms with E-state index in [2.05, 4.69) is 58.2 Å². The first-order valence-corrected chi connectivity index (χ1v) is 8.93. The van der Waals surface area contributed by atoms with Crippen molar-refractivity contribution in [1.82, 2.24) is 16.0 Å². The van der Waals surface area contributed by atoms with Crippen molar-refractivity contribution in [1.29, 1.82) is 0 Å². The van der Waals surface area contributed by atoms with Crippen LogP contribution in [0, 0.1) is 0 Å². The van der Waals surface area contributed by atoms with Gasteiger partial charge in [0.15, 0.2) is 5.96 Å². The summed E-state index contributed by atoms with van der Waals surface area (Å²) in [5.74, 6) is 0.493. The van der Waals surface area contributed by atoms with E-state index in [1.165, 1.54) is 16.3 Å². The number of hydrogen-bond donors (Lipinski definition) is 3. The van der Waals surface area contributed by atoms with E-state index in [1.807, 2.05) is 19.1 Å². The van der Waals surface area contributed by atoms with Gasteiger partial charge >= 0.3 is 0 Å². The minimum Gasteiger partial charge on any atom is -0.383 e. The number of nitrogens with zero attached hydrogens (tertiary/aromatic N) is 1. The topological polar surface area (TPSA) is 74.8 Å². The van der Waals surface area contributed by atoms with E-state index in [4.69, 9.17) is 4.74 Å². The maximum Gasteiger partial charge on any atom is 0.241 e. The Kier molecular flexibility index (Phi) is 7.89. The summed E-state index contributed by atoms with van der Waals surface area (Å²) in [6.45, 7) is 5.85. The van der Waals surface area contributed by atoms with Crippen molar-refractivity contribution in [2.24, 2.45) is 4.99 Å². The van der Waals surface area contributed by atoms with Gasteiger partial charge in [0, 0.05) is 20.2 Å². The second-order valence-electron chi connectivity index (χ2n) is 6.01. The molecule has 0 aromatic heterocycles. The van der Waals surface area contributed by atoms with Gasteiger partial charge in [0.05, 0.1) is 12.6 Å². The Hall–Kier alpha value is -2.60. The summed E-state index contributed by atoms with van der Waals surface area (Å²) < 4.78 is 4.91. The van der Waals surface area contributed by atoms with Gasteiger partial charge in [-0.25, -0.2) is 4.99 Å². The molecule has 1 atom stereocenters. The Morgan fingerprint density at radius 3 is 2.65 bits per heavy atom. The molecule has 2 rings (SSSR count). The molecule has 2 aromatic rings. The summed E-state index contributed by atoms with van der Waals surface area (Å²) in [7, 11) is 1.60. The lowest BCUT2D eigenvalue weighted by Crippen LogP contribution is -2.40. The summed E-state index contributed by atoms with van der Waals surface area (Å²) in [5, 5.41) is 11.7. The van der Waals surface area contributed by atoms with Gasteiger partial charge < -0.3 is 20.7 Å². The minimum absolute atomic E-state index is 0.0639. The van der Waals surface area contributed by atoms with Gasteiger partial charge in [0.25, 0.3) is 0 Å². The van der Waals surface area contributed by atoms with Gasteiger partial charge in [-0.2, -0.15) is 0 Å². The largest absolute Gasteiger partial charge is 0.383 e. The van der Waals surface area contributed by atoms with Gasteiger partial charge in [0.1, 0.15) is 6.54 Å². The van der Waals surface area contributed by atoms with Crippen molar-refractivity contribution in [3.8, 4) is 0 Å². The second-order valence-corrected chi connectivity index (χ2v) is 6.01. The maximum absolute atomic E-state index is 11.8. The highest BCUT2D eigenvalue weighted by Gasteiger charge is 2.09. The SMILES string of the molecule is CCNC(=NCC(=O)NCCOC)NC(C)c1ccc2ccccc2c1. The van der Waals surface area contributed by atoms with Gasteiger partial charge in [-0.3, -0.25) is 4.79 Å². The van der Waals surface area contributed by atoms with Crippen LogP contribution in [0.2, 0.25) is 0 Å². The summed E-state index contributed by atoms with van der Waals surface area (Å²) in [6, 6.07) is 14.8. The van der Waals surface area contributed by atoms with Crippen LogP contribution in [0.4, 0.5) is 0 Å². The van der Waals surface area contributed by atoms with E-state index < -0.39 is 0 Å². The van der Waals surface area contributed by atoms with Crippen LogP contribution in [0.3, 0.4) is 0 Å². The first-order chi connectivity index (χ1) is 12.6. The number of amides is 1. The van der Waals surface area contributed by atoms with Crippen molar-refractivity contribution in [2.45, 2.75) is 19.9 Å². The van der Waals surface area contributed by atoms with Crippen LogP contribution in [0.5, 0.6) is 0 Å². The van der Waals surface area contributed by atoms with Crippen molar-refractivity contribution in [3.05, 3.63) is 48.0 Å². The highest BCUT2D eigenvalue weighted by Crippen LogP contribution is 2.20. The molecule has 26 heavy (non-hydrogen) atoms. The number of carbonyl (C=O) groups excluding carboxylic acids is 1. The lowest BCUT2D eigenvalue weighted by molar-refractivity contribution is -0.119. The lowest BCUT2D eigenvalue weighted by Gasteiger charge is -2.18. The zero-order chi connectivity index (χ0) is 18.8. The third-order valence-corrected chi connectivity index (χ3v) is 3.98. The molecule has 0 aliphatic heterocycles. The van der Waals surface area contributed by atoms with Crippen molar-refractivity contribution < 1.29 is 9.53 Å². The first-order valence-electron chi connectivity index (χ1n) is 8.93. The summed E-state index contributed by atoms with van der Waals surface area (Å²) in [4.78, 5) is 16.2. The molecule has 0 heterocycles. The smallest absolute Gasteiger partial charge is 0.241 e. The predicted molar refractivity (Wildman–Crippen MR) is 106 cm³/mol. The number of carbonyl (C=O) groups is 1. The van der Waals surface area contributed by atoms with E-state index in [1.54, 1.807) is 7.11 Å². The Morgan fingerprint density at radius 2 is 1.92 bits per heavy atom. The van der Waals surface area contributed by atoms with Gasteiger partial charge in [-0.15, -0.1) is 0 Å². The molecule has 0 saturated heterocycles. The van der Waals surface area contributed by atoms with Crippen molar-refractivity contribution in [2.75, 3.05) is 33.4 Å². The van der Waals surface area contributed by atoms with E-state index in [0.29, 0.717) is 19.1 Å². The fourth-order valence-corrected chi connectivity index (χ4v) is 2.58. The lowest BCUT2D eigenvalue weighted by atomic mass is 10.0. The summed E-state index contributed by atoms with van der Waals surface area (Å²) in [6.07, 6.45) is 0. The van der Waals surface area contributed by atoms with Crippen LogP contribution in [-0.4, -0.2) is 45.2 Å². The third-order valence-electron chi connectivity index (χ3n) is 3.98. The van der Waals surface area contributed by atoms with Gasteiger partial charge in [0.2, 0.25) is 5.91 Å². The predicted octanol–water partition coefficient (Wildman–Crippen LogP) is 2.22. The Bertz CT molecular complexity index is 745. The number of nitrogens with one attached hydrogen (secondary N) is 3. The van der Waals surface area contributed by atoms with Crippen molar-refractivity contribution >= 4 is 22.6 Å². The molecule has 6 nitrogen and oxygen atoms in total. The van der Waals surface area contributed by atoms with E-state index in [0.717, 1.165) is 6.54 Å². The average Bonchev–Trinajstić information content (AvgIpc) is 2.66. The molecule has 0 bridgehead atoms. The average molecular weight is 356 g/mol. The highest BCUT2D eigenvalue weighted by atomic mass is 16.5. The van der Waals surface area contributed by atoms with Gasteiger partial charge in [-0.05, 0) is 36.2 Å². The molecule has 2 aromatic carbocycles. The van der Waals surface area contributed by atoms with Crippen LogP contribution in [0.15, 0.2) is 47.5 Å². The maximum atomic E-state index is 11.8. The minimum atomic E-state index is -0.127. The zero-order valence-electron chi connectivity index (χ0n) is 15.7. The number of ether oxygens (including phenoxy) is 1. The summed E-state index contributed by atoms with van der Waals surface area (Å²) >= 11 is 0. The van der Waals surface area contributed by atoms with Gasteiger partial charge in [-0.1, -0.05) is 36.4 Å². The monoisotopic (exact) mass is 356 g/mol. The molecule has 6 heteroatoms. The quantitative estimate of drug-likeness (QED) is 0.385. The molecular weight excluding hydrogens is 328 g/mol. The van der Waals surface area contributed by atoms with Crippen LogP contribution >= 0.6 is 0 Å². The second kappa shape index (κ2) is 10.4. The molecule has 1 unspecified atom stereocenters. The molecule has 0 saturated carbocycles. The number of hydrogen-bond acceptors (Lipinski definition) is 3. The Morgan fingerprint density at radius 1 is 1.15 bits per heavy atom.